The molecule has 2 aromatic carbocycles. The second-order valence-corrected chi connectivity index (χ2v) is 5.93. The van der Waals surface area contributed by atoms with Gasteiger partial charge in [-0.15, -0.1) is 11.8 Å². The van der Waals surface area contributed by atoms with E-state index in [0.717, 1.165) is 16.9 Å². The first-order valence-corrected chi connectivity index (χ1v) is 7.49. The summed E-state index contributed by atoms with van der Waals surface area (Å²) in [5.74, 6) is 1.67. The maximum atomic E-state index is 12.5. The number of nitrogens with zero attached hydrogens (tertiary/aromatic N) is 1. The van der Waals surface area contributed by atoms with Crippen LogP contribution in [0.4, 0.5) is 0 Å². The van der Waals surface area contributed by atoms with Crippen LogP contribution in [0.3, 0.4) is 0 Å². The lowest BCUT2D eigenvalue weighted by Crippen LogP contribution is -2.31. The number of thioether (sulfide) groups is 1. The Bertz CT molecular complexity index is 713. The molecule has 4 rings (SSSR count). The highest BCUT2D eigenvalue weighted by molar-refractivity contribution is 7.99. The van der Waals surface area contributed by atoms with E-state index in [-0.39, 0.29) is 11.9 Å². The molecule has 1 unspecified atom stereocenters. The number of ether oxygens (including phenoxy) is 1. The number of carbonyl (C=O) groups excluding carboxylic acids is 1. The Labute approximate surface area is 121 Å². The lowest BCUT2D eigenvalue weighted by Gasteiger charge is -2.32. The molecular formula is C16H13NO2S. The lowest BCUT2D eigenvalue weighted by atomic mass is 9.97. The first-order chi connectivity index (χ1) is 9.79. The normalized spacial score (nSPS) is 19.4. The predicted octanol–water partition coefficient (Wildman–Crippen LogP) is 3.30. The first-order valence-electron chi connectivity index (χ1n) is 6.50. The fraction of sp³-hybridized carbons (Fsp3) is 0.188. The molecule has 0 fully saturated rings. The summed E-state index contributed by atoms with van der Waals surface area (Å²) in [5.41, 5.74) is 3.10. The van der Waals surface area contributed by atoms with Crippen LogP contribution < -0.4 is 4.74 Å². The van der Waals surface area contributed by atoms with Crippen LogP contribution in [-0.4, -0.2) is 23.8 Å². The van der Waals surface area contributed by atoms with Crippen LogP contribution in [0.1, 0.15) is 27.5 Å². The van der Waals surface area contributed by atoms with Crippen molar-refractivity contribution in [3.63, 3.8) is 0 Å². The van der Waals surface area contributed by atoms with Crippen LogP contribution >= 0.6 is 11.8 Å². The summed E-state index contributed by atoms with van der Waals surface area (Å²) in [6.45, 7) is 0. The van der Waals surface area contributed by atoms with Crippen LogP contribution in [-0.2, 0) is 0 Å². The highest BCUT2D eigenvalue weighted by atomic mass is 32.2. The van der Waals surface area contributed by atoms with Crippen molar-refractivity contribution in [2.45, 2.75) is 10.9 Å². The molecule has 0 saturated heterocycles. The Morgan fingerprint density at radius 2 is 2.05 bits per heavy atom. The smallest absolute Gasteiger partial charge is 0.255 e. The molecule has 0 saturated carbocycles. The van der Waals surface area contributed by atoms with Crippen LogP contribution in [0.5, 0.6) is 5.75 Å². The number of hydrogen-bond donors (Lipinski definition) is 0. The number of carbonyl (C=O) groups is 1. The van der Waals surface area contributed by atoms with E-state index in [1.807, 2.05) is 29.2 Å². The zero-order valence-electron chi connectivity index (χ0n) is 11.0. The second-order valence-electron chi connectivity index (χ2n) is 4.94. The van der Waals surface area contributed by atoms with Gasteiger partial charge in [-0.05, 0) is 35.4 Å². The van der Waals surface area contributed by atoms with Gasteiger partial charge in [0.1, 0.15) is 5.75 Å². The molecule has 20 heavy (non-hydrogen) atoms. The summed E-state index contributed by atoms with van der Waals surface area (Å²) in [6.07, 6.45) is 0. The van der Waals surface area contributed by atoms with Crippen LogP contribution in [0.15, 0.2) is 47.4 Å². The van der Waals surface area contributed by atoms with Crippen molar-refractivity contribution < 1.29 is 9.53 Å². The quantitative estimate of drug-likeness (QED) is 0.804. The molecule has 100 valence electrons. The minimum atomic E-state index is 0.0325. The molecule has 4 heteroatoms. The largest absolute Gasteiger partial charge is 0.497 e. The third kappa shape index (κ3) is 1.51. The van der Waals surface area contributed by atoms with Crippen molar-refractivity contribution in [2.75, 3.05) is 13.0 Å². The highest BCUT2D eigenvalue weighted by Crippen LogP contribution is 2.47. The Morgan fingerprint density at radius 3 is 2.90 bits per heavy atom. The zero-order chi connectivity index (χ0) is 13.7. The van der Waals surface area contributed by atoms with Gasteiger partial charge in [0.15, 0.2) is 0 Å². The van der Waals surface area contributed by atoms with E-state index >= 15 is 0 Å². The van der Waals surface area contributed by atoms with Crippen molar-refractivity contribution >= 4 is 17.7 Å². The molecule has 3 nitrogen and oxygen atoms in total. The summed E-state index contributed by atoms with van der Waals surface area (Å²) in [6, 6.07) is 14.0. The third-order valence-corrected chi connectivity index (χ3v) is 5.02. The van der Waals surface area contributed by atoms with E-state index < -0.39 is 0 Å². The number of rotatable bonds is 1. The number of benzene rings is 2. The van der Waals surface area contributed by atoms with Gasteiger partial charge in [0.2, 0.25) is 0 Å². The van der Waals surface area contributed by atoms with Crippen LogP contribution in [0, 0.1) is 0 Å². The van der Waals surface area contributed by atoms with E-state index in [1.54, 1.807) is 18.9 Å². The topological polar surface area (TPSA) is 29.5 Å². The maximum absolute atomic E-state index is 12.5. The minimum Gasteiger partial charge on any atom is -0.497 e. The number of amides is 1. The van der Waals surface area contributed by atoms with E-state index in [0.29, 0.717) is 5.88 Å². The molecule has 1 atom stereocenters. The van der Waals surface area contributed by atoms with E-state index in [4.69, 9.17) is 4.74 Å². The second kappa shape index (κ2) is 4.28. The van der Waals surface area contributed by atoms with Gasteiger partial charge in [0, 0.05) is 10.5 Å². The molecule has 0 aliphatic carbocycles. The Morgan fingerprint density at radius 1 is 1.20 bits per heavy atom. The summed E-state index contributed by atoms with van der Waals surface area (Å²) in [4.78, 5) is 15.7. The highest BCUT2D eigenvalue weighted by Gasteiger charge is 2.40. The lowest BCUT2D eigenvalue weighted by molar-refractivity contribution is 0.0779. The maximum Gasteiger partial charge on any atom is 0.255 e. The van der Waals surface area contributed by atoms with E-state index in [9.17, 15) is 4.79 Å². The van der Waals surface area contributed by atoms with Crippen molar-refractivity contribution in [1.29, 1.82) is 0 Å². The standard InChI is InChI=1S/C16H13NO2S/c1-19-10-6-7-14-13(8-10)15-11-4-2-3-5-12(11)16(18)17(15)9-20-14/h2-8,15H,9H2,1H3. The van der Waals surface area contributed by atoms with Gasteiger partial charge in [-0.3, -0.25) is 4.79 Å². The average Bonchev–Trinajstić information content (AvgIpc) is 2.81. The van der Waals surface area contributed by atoms with Crippen LogP contribution in [0.2, 0.25) is 0 Å². The summed E-state index contributed by atoms with van der Waals surface area (Å²) < 4.78 is 5.33. The predicted molar refractivity (Wildman–Crippen MR) is 78.2 cm³/mol. The molecule has 2 aliphatic rings. The van der Waals surface area contributed by atoms with Gasteiger partial charge in [-0.25, -0.2) is 0 Å². The van der Waals surface area contributed by atoms with Gasteiger partial charge in [-0.2, -0.15) is 0 Å². The summed E-state index contributed by atoms with van der Waals surface area (Å²) in [7, 11) is 1.67. The van der Waals surface area contributed by atoms with E-state index in [2.05, 4.69) is 18.2 Å². The fourth-order valence-corrected chi connectivity index (χ4v) is 4.02. The molecular weight excluding hydrogens is 270 g/mol. The Hall–Kier alpha value is -1.94. The van der Waals surface area contributed by atoms with E-state index in [1.165, 1.54) is 10.5 Å². The zero-order valence-corrected chi connectivity index (χ0v) is 11.8. The third-order valence-electron chi connectivity index (χ3n) is 3.93. The summed E-state index contributed by atoms with van der Waals surface area (Å²) in [5, 5.41) is 0. The van der Waals surface area contributed by atoms with Gasteiger partial charge in [-0.1, -0.05) is 18.2 Å². The number of methoxy groups -OCH3 is 1. The first kappa shape index (κ1) is 11.9. The Kier molecular flexibility index (Phi) is 2.54. The average molecular weight is 283 g/mol. The molecule has 0 N–H and O–H groups in total. The van der Waals surface area contributed by atoms with Crippen LogP contribution in [0.25, 0.3) is 0 Å². The molecule has 2 aliphatic heterocycles. The number of hydrogen-bond acceptors (Lipinski definition) is 3. The van der Waals surface area contributed by atoms with Crippen molar-refractivity contribution in [1.82, 2.24) is 4.90 Å². The molecule has 0 aromatic heterocycles. The molecule has 2 heterocycles. The van der Waals surface area contributed by atoms with Crippen molar-refractivity contribution in [3.05, 3.63) is 59.2 Å². The Balaban J connectivity index is 1.93. The van der Waals surface area contributed by atoms with Gasteiger partial charge < -0.3 is 9.64 Å². The molecule has 0 bridgehead atoms. The molecule has 1 amide bonds. The monoisotopic (exact) mass is 283 g/mol. The molecule has 0 radical (unpaired) electrons. The van der Waals surface area contributed by atoms with Gasteiger partial charge in [0.25, 0.3) is 5.91 Å². The summed E-state index contributed by atoms with van der Waals surface area (Å²) >= 11 is 1.71. The van der Waals surface area contributed by atoms with Crippen molar-refractivity contribution in [2.24, 2.45) is 0 Å². The van der Waals surface area contributed by atoms with Gasteiger partial charge >= 0.3 is 0 Å². The fourth-order valence-electron chi connectivity index (χ4n) is 2.98. The molecule has 0 spiro atoms. The number of fused-ring (bicyclic) bond motifs is 5. The van der Waals surface area contributed by atoms with Crippen molar-refractivity contribution in [3.8, 4) is 5.75 Å². The SMILES string of the molecule is COc1ccc2c(c1)C1c3ccccc3C(=O)N1CS2. The minimum absolute atomic E-state index is 0.0325. The molecule has 2 aromatic rings. The van der Waals surface area contributed by atoms with Gasteiger partial charge in [0.05, 0.1) is 19.0 Å².